The summed E-state index contributed by atoms with van der Waals surface area (Å²) in [4.78, 5) is 26.0. The predicted octanol–water partition coefficient (Wildman–Crippen LogP) is 2.04. The normalized spacial score (nSPS) is 20.9. The Balaban J connectivity index is 1.84. The average Bonchev–Trinajstić information content (AvgIpc) is 2.57. The van der Waals surface area contributed by atoms with Gasteiger partial charge in [-0.05, 0) is 30.7 Å². The smallest absolute Gasteiger partial charge is 0.274 e. The van der Waals surface area contributed by atoms with Gasteiger partial charge < -0.3 is 9.64 Å². The van der Waals surface area contributed by atoms with Crippen molar-refractivity contribution >= 4 is 17.5 Å². The van der Waals surface area contributed by atoms with Crippen molar-refractivity contribution in [3.05, 3.63) is 63.0 Å². The fourth-order valence-corrected chi connectivity index (χ4v) is 2.91. The second-order valence-corrected chi connectivity index (χ2v) is 6.30. The number of aromatic nitrogens is 2. The second kappa shape index (κ2) is 6.75. The number of carbonyl (C=O) groups is 1. The van der Waals surface area contributed by atoms with Crippen LogP contribution in [0.3, 0.4) is 0 Å². The molecule has 6 nitrogen and oxygen atoms in total. The van der Waals surface area contributed by atoms with Crippen molar-refractivity contribution in [3.63, 3.8) is 0 Å². The Morgan fingerprint density at radius 3 is 2.83 bits per heavy atom. The van der Waals surface area contributed by atoms with Gasteiger partial charge in [0.1, 0.15) is 11.8 Å². The molecule has 1 aromatic heterocycles. The Labute approximate surface area is 144 Å². The number of benzene rings is 1. The maximum Gasteiger partial charge on any atom is 0.274 e. The van der Waals surface area contributed by atoms with Gasteiger partial charge >= 0.3 is 0 Å². The van der Waals surface area contributed by atoms with Crippen molar-refractivity contribution in [2.75, 3.05) is 13.2 Å². The third kappa shape index (κ3) is 3.34. The molecule has 0 spiro atoms. The van der Waals surface area contributed by atoms with Crippen LogP contribution in [-0.4, -0.2) is 39.8 Å². The number of rotatable bonds is 2. The van der Waals surface area contributed by atoms with Crippen molar-refractivity contribution in [1.29, 1.82) is 0 Å². The molecule has 126 valence electrons. The van der Waals surface area contributed by atoms with Gasteiger partial charge in [-0.15, -0.1) is 0 Å². The van der Waals surface area contributed by atoms with E-state index in [1.165, 1.54) is 19.2 Å². The van der Waals surface area contributed by atoms with E-state index in [4.69, 9.17) is 16.3 Å². The van der Waals surface area contributed by atoms with Gasteiger partial charge in [0.2, 0.25) is 0 Å². The van der Waals surface area contributed by atoms with E-state index in [2.05, 4.69) is 5.10 Å². The van der Waals surface area contributed by atoms with Crippen LogP contribution < -0.4 is 5.56 Å². The summed E-state index contributed by atoms with van der Waals surface area (Å²) in [5.41, 5.74) is 0.926. The van der Waals surface area contributed by atoms with E-state index in [-0.39, 0.29) is 29.3 Å². The summed E-state index contributed by atoms with van der Waals surface area (Å²) >= 11 is 6.04. The fourth-order valence-electron chi connectivity index (χ4n) is 2.71. The quantitative estimate of drug-likeness (QED) is 0.834. The lowest BCUT2D eigenvalue weighted by atomic mass is 10.1. The van der Waals surface area contributed by atoms with E-state index in [1.807, 2.05) is 25.1 Å². The van der Waals surface area contributed by atoms with Gasteiger partial charge in [0.15, 0.2) is 0 Å². The molecule has 1 aliphatic rings. The number of ether oxygens (including phenoxy) is 1. The molecule has 0 saturated carbocycles. The molecule has 2 atom stereocenters. The molecule has 0 radical (unpaired) electrons. The monoisotopic (exact) mass is 347 g/mol. The number of amides is 1. The van der Waals surface area contributed by atoms with Crippen molar-refractivity contribution in [1.82, 2.24) is 14.7 Å². The third-order valence-corrected chi connectivity index (χ3v) is 4.33. The molecular formula is C17H18ClN3O3. The molecule has 0 N–H and O–H groups in total. The van der Waals surface area contributed by atoms with Gasteiger partial charge in [0, 0.05) is 18.1 Å². The zero-order valence-corrected chi connectivity index (χ0v) is 14.2. The molecular weight excluding hydrogens is 330 g/mol. The van der Waals surface area contributed by atoms with E-state index >= 15 is 0 Å². The Hall–Kier alpha value is -2.18. The largest absolute Gasteiger partial charge is 0.370 e. The molecule has 1 amide bonds. The van der Waals surface area contributed by atoms with Gasteiger partial charge in [-0.25, -0.2) is 4.68 Å². The van der Waals surface area contributed by atoms with Crippen LogP contribution >= 0.6 is 11.6 Å². The molecule has 7 heteroatoms. The molecule has 3 rings (SSSR count). The number of hydrogen-bond acceptors (Lipinski definition) is 4. The zero-order chi connectivity index (χ0) is 17.3. The lowest BCUT2D eigenvalue weighted by Gasteiger charge is -2.38. The summed E-state index contributed by atoms with van der Waals surface area (Å²) in [6.45, 7) is 2.76. The number of aryl methyl sites for hydroxylation is 1. The molecule has 1 aromatic carbocycles. The Bertz CT molecular complexity index is 821. The van der Waals surface area contributed by atoms with Crippen molar-refractivity contribution in [2.24, 2.45) is 7.05 Å². The molecule has 2 heterocycles. The minimum absolute atomic E-state index is 0.0769. The molecule has 24 heavy (non-hydrogen) atoms. The molecule has 0 unspecified atom stereocenters. The highest BCUT2D eigenvalue weighted by Crippen LogP contribution is 2.27. The van der Waals surface area contributed by atoms with Crippen LogP contribution in [0, 0.1) is 0 Å². The van der Waals surface area contributed by atoms with Crippen LogP contribution in [0.25, 0.3) is 0 Å². The van der Waals surface area contributed by atoms with Crippen LogP contribution in [-0.2, 0) is 11.8 Å². The summed E-state index contributed by atoms with van der Waals surface area (Å²) in [5, 5.41) is 4.68. The van der Waals surface area contributed by atoms with E-state index in [0.717, 1.165) is 10.2 Å². The number of hydrogen-bond donors (Lipinski definition) is 0. The van der Waals surface area contributed by atoms with Crippen molar-refractivity contribution in [3.8, 4) is 0 Å². The molecule has 2 aromatic rings. The number of morpholine rings is 1. The highest BCUT2D eigenvalue weighted by molar-refractivity contribution is 6.30. The lowest BCUT2D eigenvalue weighted by molar-refractivity contribution is -0.0489. The van der Waals surface area contributed by atoms with E-state index in [9.17, 15) is 9.59 Å². The van der Waals surface area contributed by atoms with Crippen molar-refractivity contribution < 1.29 is 9.53 Å². The maximum absolute atomic E-state index is 12.8. The minimum Gasteiger partial charge on any atom is -0.370 e. The standard InChI is InChI=1S/C17H18ClN3O3/c1-11-10-24-15(12-4-3-5-13(18)8-12)9-21(11)17(23)14-6-7-16(22)20(2)19-14/h3-8,11,15H,9-10H2,1-2H3/t11-,15+/m0/s1. The van der Waals surface area contributed by atoms with E-state index in [1.54, 1.807) is 11.0 Å². The molecule has 0 bridgehead atoms. The average molecular weight is 348 g/mol. The van der Waals surface area contributed by atoms with Crippen molar-refractivity contribution in [2.45, 2.75) is 19.1 Å². The van der Waals surface area contributed by atoms with Gasteiger partial charge in [0.25, 0.3) is 11.5 Å². The van der Waals surface area contributed by atoms with Gasteiger partial charge in [0.05, 0.1) is 19.2 Å². The van der Waals surface area contributed by atoms with Gasteiger partial charge in [-0.3, -0.25) is 9.59 Å². The molecule has 1 aliphatic heterocycles. The lowest BCUT2D eigenvalue weighted by Crippen LogP contribution is -2.48. The van der Waals surface area contributed by atoms with Crippen LogP contribution in [0.15, 0.2) is 41.2 Å². The van der Waals surface area contributed by atoms with Crippen LogP contribution in [0.1, 0.15) is 29.1 Å². The van der Waals surface area contributed by atoms with Gasteiger partial charge in [-0.1, -0.05) is 23.7 Å². The summed E-state index contributed by atoms with van der Waals surface area (Å²) < 4.78 is 7.02. The van der Waals surface area contributed by atoms with Crippen LogP contribution in [0.2, 0.25) is 5.02 Å². The molecule has 0 aliphatic carbocycles. The highest BCUT2D eigenvalue weighted by atomic mass is 35.5. The fraction of sp³-hybridized carbons (Fsp3) is 0.353. The topological polar surface area (TPSA) is 64.4 Å². The third-order valence-electron chi connectivity index (χ3n) is 4.09. The molecule has 1 saturated heterocycles. The van der Waals surface area contributed by atoms with E-state index < -0.39 is 0 Å². The highest BCUT2D eigenvalue weighted by Gasteiger charge is 2.31. The SMILES string of the molecule is C[C@H]1CO[C@@H](c2cccc(Cl)c2)CN1C(=O)c1ccc(=O)n(C)n1. The Kier molecular flexibility index (Phi) is 4.69. The number of carbonyl (C=O) groups excluding carboxylic acids is 1. The molecule has 1 fully saturated rings. The first kappa shape index (κ1) is 16.7. The first-order valence-electron chi connectivity index (χ1n) is 7.68. The summed E-state index contributed by atoms with van der Waals surface area (Å²) in [5.74, 6) is -0.214. The minimum atomic E-state index is -0.252. The predicted molar refractivity (Wildman–Crippen MR) is 90.1 cm³/mol. The Morgan fingerprint density at radius 1 is 1.33 bits per heavy atom. The van der Waals surface area contributed by atoms with Gasteiger partial charge in [-0.2, -0.15) is 5.10 Å². The summed E-state index contributed by atoms with van der Waals surface area (Å²) in [7, 11) is 1.52. The second-order valence-electron chi connectivity index (χ2n) is 5.86. The summed E-state index contributed by atoms with van der Waals surface area (Å²) in [6.07, 6.45) is -0.239. The van der Waals surface area contributed by atoms with Crippen LogP contribution in [0.4, 0.5) is 0 Å². The first-order valence-corrected chi connectivity index (χ1v) is 8.06. The van der Waals surface area contributed by atoms with E-state index in [0.29, 0.717) is 18.2 Å². The number of halogens is 1. The zero-order valence-electron chi connectivity index (χ0n) is 13.5. The number of nitrogens with zero attached hydrogens (tertiary/aromatic N) is 3. The van der Waals surface area contributed by atoms with Crippen LogP contribution in [0.5, 0.6) is 0 Å². The summed E-state index contributed by atoms with van der Waals surface area (Å²) in [6, 6.07) is 10.2. The first-order chi connectivity index (χ1) is 11.5. The maximum atomic E-state index is 12.8. The Morgan fingerprint density at radius 2 is 2.12 bits per heavy atom.